The summed E-state index contributed by atoms with van der Waals surface area (Å²) in [5.74, 6) is 0.814. The molecule has 1 unspecified atom stereocenters. The molecule has 3 rings (SSSR count). The van der Waals surface area contributed by atoms with Crippen LogP contribution in [0.5, 0.6) is 5.75 Å². The molecule has 1 aliphatic heterocycles. The third-order valence-electron chi connectivity index (χ3n) is 2.86. The molecule has 0 saturated heterocycles. The van der Waals surface area contributed by atoms with Crippen LogP contribution < -0.4 is 15.8 Å². The Morgan fingerprint density at radius 2 is 2.26 bits per heavy atom. The molecule has 0 saturated carbocycles. The predicted octanol–water partition coefficient (Wildman–Crippen LogP) is 2.14. The van der Waals surface area contributed by atoms with Crippen LogP contribution in [0.3, 0.4) is 0 Å². The summed E-state index contributed by atoms with van der Waals surface area (Å²) in [6.07, 6.45) is -0.480. The largest absolute Gasteiger partial charge is 0.479 e. The number of aromatic amines is 1. The number of nitrogens with zero attached hydrogens (tertiary/aromatic N) is 1. The lowest BCUT2D eigenvalue weighted by atomic mass is 10.1. The highest BCUT2D eigenvalue weighted by Gasteiger charge is 2.24. The Balaban J connectivity index is 2.05. The Bertz CT molecular complexity index is 668. The van der Waals surface area contributed by atoms with Crippen molar-refractivity contribution in [2.75, 3.05) is 11.1 Å². The predicted molar refractivity (Wildman–Crippen MR) is 74.9 cm³/mol. The van der Waals surface area contributed by atoms with E-state index in [0.29, 0.717) is 27.7 Å². The van der Waals surface area contributed by atoms with Crippen LogP contribution in [0.25, 0.3) is 11.3 Å². The van der Waals surface area contributed by atoms with Crippen LogP contribution in [0, 0.1) is 0 Å². The highest BCUT2D eigenvalue weighted by atomic mass is 79.9. The quantitative estimate of drug-likeness (QED) is 0.749. The molecule has 19 heavy (non-hydrogen) atoms. The van der Waals surface area contributed by atoms with Gasteiger partial charge in [0, 0.05) is 5.56 Å². The van der Waals surface area contributed by atoms with E-state index in [1.165, 1.54) is 0 Å². The number of fused-ring (bicyclic) bond motifs is 1. The summed E-state index contributed by atoms with van der Waals surface area (Å²) in [4.78, 5) is 18.6. The summed E-state index contributed by atoms with van der Waals surface area (Å²) in [6, 6.07) is 5.47. The molecule has 4 N–H and O–H groups in total. The minimum Gasteiger partial charge on any atom is -0.479 e. The summed E-state index contributed by atoms with van der Waals surface area (Å²) in [6.45, 7) is 1.71. The zero-order valence-corrected chi connectivity index (χ0v) is 11.6. The normalized spacial score (nSPS) is 17.6. The smallest absolute Gasteiger partial charge is 0.265 e. The van der Waals surface area contributed by atoms with Gasteiger partial charge in [0.2, 0.25) is 0 Å². The molecular weight excluding hydrogens is 312 g/mol. The maximum absolute atomic E-state index is 11.6. The molecule has 0 bridgehead atoms. The number of nitrogens with two attached hydrogens (primary N) is 1. The number of hydrogen-bond acceptors (Lipinski definition) is 4. The number of rotatable bonds is 1. The number of halogens is 1. The fourth-order valence-corrected chi connectivity index (χ4v) is 2.44. The summed E-state index contributed by atoms with van der Waals surface area (Å²) in [5, 5.41) is 2.80. The molecule has 1 aliphatic rings. The van der Waals surface area contributed by atoms with E-state index in [9.17, 15) is 4.79 Å². The first kappa shape index (κ1) is 12.0. The van der Waals surface area contributed by atoms with Crippen LogP contribution in [0.1, 0.15) is 6.92 Å². The molecule has 2 heterocycles. The van der Waals surface area contributed by atoms with Gasteiger partial charge in [-0.3, -0.25) is 4.79 Å². The van der Waals surface area contributed by atoms with Crippen molar-refractivity contribution in [3.63, 3.8) is 0 Å². The van der Waals surface area contributed by atoms with E-state index in [2.05, 4.69) is 31.2 Å². The minimum absolute atomic E-state index is 0.162. The molecular formula is C12H11BrN4O2. The van der Waals surface area contributed by atoms with Gasteiger partial charge in [-0.2, -0.15) is 0 Å². The zero-order chi connectivity index (χ0) is 13.6. The second kappa shape index (κ2) is 4.27. The van der Waals surface area contributed by atoms with E-state index in [1.807, 2.05) is 6.07 Å². The van der Waals surface area contributed by atoms with Gasteiger partial charge in [-0.1, -0.05) is 0 Å². The lowest BCUT2D eigenvalue weighted by molar-refractivity contribution is -0.122. The zero-order valence-electron chi connectivity index (χ0n) is 10.0. The fraction of sp³-hybridized carbons (Fsp3) is 0.167. The Morgan fingerprint density at radius 1 is 1.47 bits per heavy atom. The average molecular weight is 323 g/mol. The van der Waals surface area contributed by atoms with Crippen LogP contribution in [-0.2, 0) is 4.79 Å². The first-order valence-corrected chi connectivity index (χ1v) is 6.47. The SMILES string of the molecule is CC1Oc2ccc(-c3nc(N)[nH]c3Br)cc2NC1=O. The van der Waals surface area contributed by atoms with Crippen molar-refractivity contribution in [2.45, 2.75) is 13.0 Å². The van der Waals surface area contributed by atoms with Gasteiger partial charge >= 0.3 is 0 Å². The monoisotopic (exact) mass is 322 g/mol. The number of carbonyl (C=O) groups is 1. The molecule has 1 aromatic carbocycles. The molecule has 2 aromatic rings. The second-order valence-electron chi connectivity index (χ2n) is 4.24. The second-order valence-corrected chi connectivity index (χ2v) is 5.04. The Morgan fingerprint density at radius 3 is 2.95 bits per heavy atom. The van der Waals surface area contributed by atoms with Crippen molar-refractivity contribution in [3.05, 3.63) is 22.8 Å². The van der Waals surface area contributed by atoms with Crippen LogP contribution in [0.4, 0.5) is 11.6 Å². The van der Waals surface area contributed by atoms with Crippen molar-refractivity contribution < 1.29 is 9.53 Å². The Labute approximate surface area is 117 Å². The molecule has 0 fully saturated rings. The third-order valence-corrected chi connectivity index (χ3v) is 3.44. The van der Waals surface area contributed by atoms with Crippen molar-refractivity contribution in [2.24, 2.45) is 0 Å². The van der Waals surface area contributed by atoms with Crippen LogP contribution in [0.15, 0.2) is 22.8 Å². The number of benzene rings is 1. The van der Waals surface area contributed by atoms with Gasteiger partial charge in [0.25, 0.3) is 5.91 Å². The summed E-state index contributed by atoms with van der Waals surface area (Å²) >= 11 is 3.35. The first-order chi connectivity index (χ1) is 9.04. The first-order valence-electron chi connectivity index (χ1n) is 5.67. The number of carbonyl (C=O) groups excluding carboxylic acids is 1. The highest BCUT2D eigenvalue weighted by molar-refractivity contribution is 9.10. The van der Waals surface area contributed by atoms with Gasteiger partial charge in [0.1, 0.15) is 16.0 Å². The number of nitrogens with one attached hydrogen (secondary N) is 2. The molecule has 7 heteroatoms. The van der Waals surface area contributed by atoms with Gasteiger partial charge in [0.15, 0.2) is 12.1 Å². The van der Waals surface area contributed by atoms with Crippen LogP contribution in [-0.4, -0.2) is 22.0 Å². The van der Waals surface area contributed by atoms with Crippen molar-refractivity contribution in [1.82, 2.24) is 9.97 Å². The molecule has 98 valence electrons. The Kier molecular flexibility index (Phi) is 2.70. The number of imidazole rings is 1. The molecule has 1 atom stereocenters. The number of H-pyrrole nitrogens is 1. The van der Waals surface area contributed by atoms with Crippen LogP contribution in [0.2, 0.25) is 0 Å². The number of nitrogen functional groups attached to an aromatic ring is 1. The van der Waals surface area contributed by atoms with Gasteiger partial charge in [-0.05, 0) is 41.1 Å². The summed E-state index contributed by atoms with van der Waals surface area (Å²) in [5.41, 5.74) is 7.76. The third kappa shape index (κ3) is 2.06. The Hall–Kier alpha value is -2.02. The van der Waals surface area contributed by atoms with Gasteiger partial charge in [-0.15, -0.1) is 0 Å². The summed E-state index contributed by atoms with van der Waals surface area (Å²) in [7, 11) is 0. The molecule has 1 amide bonds. The van der Waals surface area contributed by atoms with Crippen molar-refractivity contribution >= 4 is 33.5 Å². The van der Waals surface area contributed by atoms with E-state index >= 15 is 0 Å². The topological polar surface area (TPSA) is 93.0 Å². The van der Waals surface area contributed by atoms with Gasteiger partial charge in [0.05, 0.1) is 5.69 Å². The number of anilines is 2. The molecule has 0 radical (unpaired) electrons. The number of ether oxygens (including phenoxy) is 1. The van der Waals surface area contributed by atoms with Crippen molar-refractivity contribution in [1.29, 1.82) is 0 Å². The summed E-state index contributed by atoms with van der Waals surface area (Å²) < 4.78 is 6.19. The maximum atomic E-state index is 11.6. The van der Waals surface area contributed by atoms with Gasteiger partial charge in [-0.25, -0.2) is 4.98 Å². The number of hydrogen-bond donors (Lipinski definition) is 3. The molecule has 0 aliphatic carbocycles. The van der Waals surface area contributed by atoms with Gasteiger partial charge < -0.3 is 20.8 Å². The van der Waals surface area contributed by atoms with E-state index < -0.39 is 6.10 Å². The number of aromatic nitrogens is 2. The molecule has 6 nitrogen and oxygen atoms in total. The lowest BCUT2D eigenvalue weighted by Gasteiger charge is -2.23. The average Bonchev–Trinajstić information content (AvgIpc) is 2.69. The molecule has 1 aromatic heterocycles. The highest BCUT2D eigenvalue weighted by Crippen LogP contribution is 2.35. The minimum atomic E-state index is -0.480. The van der Waals surface area contributed by atoms with E-state index in [1.54, 1.807) is 19.1 Å². The lowest BCUT2D eigenvalue weighted by Crippen LogP contribution is -2.34. The van der Waals surface area contributed by atoms with E-state index in [4.69, 9.17) is 10.5 Å². The van der Waals surface area contributed by atoms with Crippen LogP contribution >= 0.6 is 15.9 Å². The van der Waals surface area contributed by atoms with Crippen molar-refractivity contribution in [3.8, 4) is 17.0 Å². The fourth-order valence-electron chi connectivity index (χ4n) is 1.92. The maximum Gasteiger partial charge on any atom is 0.265 e. The van der Waals surface area contributed by atoms with E-state index in [0.717, 1.165) is 5.56 Å². The number of amides is 1. The van der Waals surface area contributed by atoms with E-state index in [-0.39, 0.29) is 5.91 Å². The molecule has 0 spiro atoms. The standard InChI is InChI=1S/C12H11BrN4O2/c1-5-11(18)15-7-4-6(2-3-8(7)19-5)9-10(13)17-12(14)16-9/h2-5H,1H3,(H,15,18)(H3,14,16,17).